The number of nitrogens with one attached hydrogen (secondary N) is 1. The number of likely N-dealkylation sites (tertiary alicyclic amines) is 1. The normalized spacial score (nSPS) is 20.7. The lowest BCUT2D eigenvalue weighted by Crippen LogP contribution is -2.22. The molecule has 0 aromatic carbocycles. The zero-order valence-electron chi connectivity index (χ0n) is 10.9. The highest BCUT2D eigenvalue weighted by Gasteiger charge is 2.24. The number of hydrogen-bond acceptors (Lipinski definition) is 3. The summed E-state index contributed by atoms with van der Waals surface area (Å²) in [6, 6.07) is 4.92. The molecule has 0 spiro atoms. The van der Waals surface area contributed by atoms with Gasteiger partial charge in [0.1, 0.15) is 5.82 Å². The Kier molecular flexibility index (Phi) is 4.37. The molecule has 17 heavy (non-hydrogen) atoms. The first-order valence-electron chi connectivity index (χ1n) is 6.79. The fraction of sp³-hybridized carbons (Fsp3) is 0.643. The summed E-state index contributed by atoms with van der Waals surface area (Å²) in [5, 5.41) is 3.31. The van der Waals surface area contributed by atoms with Crippen LogP contribution in [0, 0.1) is 0 Å². The number of nitrogens with zero attached hydrogens (tertiary/aromatic N) is 2. The molecule has 1 atom stereocenters. The minimum absolute atomic E-state index is 0.590. The molecule has 0 saturated carbocycles. The van der Waals surface area contributed by atoms with Crippen LogP contribution in [0.4, 0.5) is 5.82 Å². The van der Waals surface area contributed by atoms with Crippen LogP contribution in [0.2, 0.25) is 0 Å². The molecular formula is C14H23N3. The standard InChI is InChI=1S/C14H23N3/c1-3-9-15-14-8-7-12(11-16-14)13-6-5-10-17(13)4-2/h7-8,11,13H,3-6,9-10H2,1-2H3,(H,15,16). The lowest BCUT2D eigenvalue weighted by Gasteiger charge is -2.22. The summed E-state index contributed by atoms with van der Waals surface area (Å²) in [6.07, 6.45) is 5.76. The van der Waals surface area contributed by atoms with Crippen molar-refractivity contribution in [1.82, 2.24) is 9.88 Å². The first-order chi connectivity index (χ1) is 8.35. The van der Waals surface area contributed by atoms with Crippen molar-refractivity contribution >= 4 is 5.82 Å². The summed E-state index contributed by atoms with van der Waals surface area (Å²) in [5.74, 6) is 0.997. The second-order valence-electron chi connectivity index (χ2n) is 4.69. The van der Waals surface area contributed by atoms with Crippen LogP contribution in [0.25, 0.3) is 0 Å². The molecule has 0 bridgehead atoms. The van der Waals surface area contributed by atoms with E-state index in [0.29, 0.717) is 6.04 Å². The molecule has 3 heteroatoms. The van der Waals surface area contributed by atoms with Gasteiger partial charge in [-0.15, -0.1) is 0 Å². The summed E-state index contributed by atoms with van der Waals surface area (Å²) in [5.41, 5.74) is 1.37. The summed E-state index contributed by atoms with van der Waals surface area (Å²) >= 11 is 0. The molecule has 3 nitrogen and oxygen atoms in total. The van der Waals surface area contributed by atoms with Gasteiger partial charge in [0.25, 0.3) is 0 Å². The Bertz CT molecular complexity index is 334. The van der Waals surface area contributed by atoms with Crippen LogP contribution in [0.5, 0.6) is 0 Å². The quantitative estimate of drug-likeness (QED) is 0.847. The van der Waals surface area contributed by atoms with Gasteiger partial charge >= 0.3 is 0 Å². The van der Waals surface area contributed by atoms with Gasteiger partial charge in [-0.1, -0.05) is 19.9 Å². The molecule has 1 aromatic heterocycles. The van der Waals surface area contributed by atoms with E-state index in [2.05, 4.69) is 41.2 Å². The van der Waals surface area contributed by atoms with Crippen molar-refractivity contribution in [1.29, 1.82) is 0 Å². The average molecular weight is 233 g/mol. The largest absolute Gasteiger partial charge is 0.370 e. The van der Waals surface area contributed by atoms with Crippen LogP contribution in [0.15, 0.2) is 18.3 Å². The van der Waals surface area contributed by atoms with Crippen molar-refractivity contribution in [2.24, 2.45) is 0 Å². The van der Waals surface area contributed by atoms with Gasteiger partial charge in [0.2, 0.25) is 0 Å². The molecule has 1 unspecified atom stereocenters. The Balaban J connectivity index is 2.01. The fourth-order valence-electron chi connectivity index (χ4n) is 2.54. The maximum absolute atomic E-state index is 4.49. The van der Waals surface area contributed by atoms with E-state index >= 15 is 0 Å². The first kappa shape index (κ1) is 12.4. The highest BCUT2D eigenvalue weighted by molar-refractivity contribution is 5.36. The molecule has 0 radical (unpaired) electrons. The predicted molar refractivity (Wildman–Crippen MR) is 72.2 cm³/mol. The molecule has 0 amide bonds. The van der Waals surface area contributed by atoms with Crippen LogP contribution in [0.3, 0.4) is 0 Å². The van der Waals surface area contributed by atoms with E-state index in [-0.39, 0.29) is 0 Å². The highest BCUT2D eigenvalue weighted by Crippen LogP contribution is 2.31. The van der Waals surface area contributed by atoms with Crippen molar-refractivity contribution in [2.75, 3.05) is 25.0 Å². The van der Waals surface area contributed by atoms with E-state index in [1.54, 1.807) is 0 Å². The van der Waals surface area contributed by atoms with Gasteiger partial charge < -0.3 is 5.32 Å². The molecule has 1 aliphatic heterocycles. The molecule has 1 saturated heterocycles. The minimum Gasteiger partial charge on any atom is -0.370 e. The Morgan fingerprint density at radius 1 is 1.41 bits per heavy atom. The monoisotopic (exact) mass is 233 g/mol. The van der Waals surface area contributed by atoms with E-state index in [1.165, 1.54) is 24.9 Å². The Hall–Kier alpha value is -1.09. The van der Waals surface area contributed by atoms with Crippen molar-refractivity contribution in [2.45, 2.75) is 39.2 Å². The van der Waals surface area contributed by atoms with E-state index in [1.807, 2.05) is 6.20 Å². The van der Waals surface area contributed by atoms with Crippen molar-refractivity contribution < 1.29 is 0 Å². The number of hydrogen-bond donors (Lipinski definition) is 1. The number of anilines is 1. The molecule has 94 valence electrons. The SMILES string of the molecule is CCCNc1ccc(C2CCCN2CC)cn1. The molecule has 1 aliphatic rings. The minimum atomic E-state index is 0.590. The predicted octanol–water partition coefficient (Wildman–Crippen LogP) is 3.06. The Morgan fingerprint density at radius 3 is 2.94 bits per heavy atom. The second kappa shape index (κ2) is 6.01. The third-order valence-corrected chi connectivity index (χ3v) is 3.50. The van der Waals surface area contributed by atoms with E-state index in [4.69, 9.17) is 0 Å². The topological polar surface area (TPSA) is 28.2 Å². The van der Waals surface area contributed by atoms with Crippen LogP contribution in [0.1, 0.15) is 44.7 Å². The molecule has 1 fully saturated rings. The number of aromatic nitrogens is 1. The summed E-state index contributed by atoms with van der Waals surface area (Å²) in [4.78, 5) is 7.03. The van der Waals surface area contributed by atoms with Gasteiger partial charge in [0.05, 0.1) is 0 Å². The highest BCUT2D eigenvalue weighted by atomic mass is 15.2. The molecule has 2 heterocycles. The molecule has 0 aliphatic carbocycles. The lowest BCUT2D eigenvalue weighted by molar-refractivity contribution is 0.271. The smallest absolute Gasteiger partial charge is 0.125 e. The van der Waals surface area contributed by atoms with Crippen LogP contribution >= 0.6 is 0 Å². The number of pyridine rings is 1. The van der Waals surface area contributed by atoms with E-state index in [9.17, 15) is 0 Å². The van der Waals surface area contributed by atoms with Crippen molar-refractivity contribution in [3.05, 3.63) is 23.9 Å². The zero-order chi connectivity index (χ0) is 12.1. The van der Waals surface area contributed by atoms with Gasteiger partial charge in [0, 0.05) is 18.8 Å². The molecular weight excluding hydrogens is 210 g/mol. The first-order valence-corrected chi connectivity index (χ1v) is 6.79. The van der Waals surface area contributed by atoms with E-state index in [0.717, 1.165) is 25.3 Å². The van der Waals surface area contributed by atoms with Gasteiger partial charge in [-0.25, -0.2) is 4.98 Å². The summed E-state index contributed by atoms with van der Waals surface area (Å²) < 4.78 is 0. The summed E-state index contributed by atoms with van der Waals surface area (Å²) in [7, 11) is 0. The maximum Gasteiger partial charge on any atom is 0.125 e. The fourth-order valence-corrected chi connectivity index (χ4v) is 2.54. The molecule has 1 N–H and O–H groups in total. The van der Waals surface area contributed by atoms with Gasteiger partial charge in [-0.2, -0.15) is 0 Å². The number of rotatable bonds is 5. The van der Waals surface area contributed by atoms with Crippen LogP contribution in [-0.2, 0) is 0 Å². The third-order valence-electron chi connectivity index (χ3n) is 3.50. The van der Waals surface area contributed by atoms with Crippen LogP contribution in [-0.4, -0.2) is 29.5 Å². The van der Waals surface area contributed by atoms with E-state index < -0.39 is 0 Å². The maximum atomic E-state index is 4.49. The van der Waals surface area contributed by atoms with Gasteiger partial charge in [-0.05, 0) is 44.0 Å². The molecule has 2 rings (SSSR count). The average Bonchev–Trinajstić information content (AvgIpc) is 2.85. The van der Waals surface area contributed by atoms with Crippen molar-refractivity contribution in [3.63, 3.8) is 0 Å². The lowest BCUT2D eigenvalue weighted by atomic mass is 10.1. The Morgan fingerprint density at radius 2 is 2.29 bits per heavy atom. The van der Waals surface area contributed by atoms with Gasteiger partial charge in [-0.3, -0.25) is 4.90 Å². The van der Waals surface area contributed by atoms with Crippen molar-refractivity contribution in [3.8, 4) is 0 Å². The molecule has 1 aromatic rings. The second-order valence-corrected chi connectivity index (χ2v) is 4.69. The Labute approximate surface area is 104 Å². The van der Waals surface area contributed by atoms with Gasteiger partial charge in [0.15, 0.2) is 0 Å². The summed E-state index contributed by atoms with van der Waals surface area (Å²) in [6.45, 7) is 7.77. The van der Waals surface area contributed by atoms with Crippen LogP contribution < -0.4 is 5.32 Å². The zero-order valence-corrected chi connectivity index (χ0v) is 10.9. The third kappa shape index (κ3) is 2.97.